The minimum absolute atomic E-state index is 0.522. The molecule has 0 unspecified atom stereocenters. The topological polar surface area (TPSA) is 43.4 Å². The number of hydrogen-bond donors (Lipinski definition) is 1. The van der Waals surface area contributed by atoms with Crippen molar-refractivity contribution < 1.29 is 9.47 Å². The summed E-state index contributed by atoms with van der Waals surface area (Å²) in [6, 6.07) is 6.04. The molecule has 1 aromatic heterocycles. The first-order valence-electron chi connectivity index (χ1n) is 6.71. The van der Waals surface area contributed by atoms with Crippen LogP contribution in [-0.4, -0.2) is 18.6 Å². The van der Waals surface area contributed by atoms with Gasteiger partial charge in [0.05, 0.1) is 17.5 Å². The second-order valence-electron chi connectivity index (χ2n) is 4.42. The van der Waals surface area contributed by atoms with Crippen molar-refractivity contribution in [1.82, 2.24) is 10.3 Å². The van der Waals surface area contributed by atoms with Gasteiger partial charge in [0.15, 0.2) is 11.5 Å². The van der Waals surface area contributed by atoms with Crippen LogP contribution in [-0.2, 0) is 13.2 Å². The number of ether oxygens (including phenoxy) is 2. The van der Waals surface area contributed by atoms with E-state index in [1.807, 2.05) is 18.3 Å². The lowest BCUT2D eigenvalue weighted by atomic mass is 10.2. The minimum atomic E-state index is 0.522. The van der Waals surface area contributed by atoms with Crippen LogP contribution in [0, 0.1) is 0 Å². The number of rotatable bonds is 8. The highest BCUT2D eigenvalue weighted by Gasteiger charge is 2.06. The SMILES string of the molecule is CCCNCc1ccc(OCc2cncs2)c(OC)c1. The highest BCUT2D eigenvalue weighted by atomic mass is 32.1. The fourth-order valence-corrected chi connectivity index (χ4v) is 2.32. The second-order valence-corrected chi connectivity index (χ2v) is 5.39. The average Bonchev–Trinajstić information content (AvgIpc) is 2.99. The molecular formula is C15H20N2O2S. The predicted molar refractivity (Wildman–Crippen MR) is 81.4 cm³/mol. The molecule has 0 atom stereocenters. The molecule has 1 N–H and O–H groups in total. The van der Waals surface area contributed by atoms with E-state index in [1.165, 1.54) is 5.56 Å². The van der Waals surface area contributed by atoms with E-state index < -0.39 is 0 Å². The number of hydrogen-bond acceptors (Lipinski definition) is 5. The van der Waals surface area contributed by atoms with Gasteiger partial charge in [-0.15, -0.1) is 11.3 Å². The van der Waals surface area contributed by atoms with E-state index in [0.29, 0.717) is 6.61 Å². The van der Waals surface area contributed by atoms with Gasteiger partial charge in [0.1, 0.15) is 6.61 Å². The highest BCUT2D eigenvalue weighted by molar-refractivity contribution is 7.09. The van der Waals surface area contributed by atoms with Gasteiger partial charge in [-0.05, 0) is 30.7 Å². The molecule has 2 rings (SSSR count). The van der Waals surface area contributed by atoms with Crippen LogP contribution in [0.4, 0.5) is 0 Å². The molecule has 1 aromatic carbocycles. The van der Waals surface area contributed by atoms with E-state index in [9.17, 15) is 0 Å². The monoisotopic (exact) mass is 292 g/mol. The van der Waals surface area contributed by atoms with Crippen LogP contribution >= 0.6 is 11.3 Å². The summed E-state index contributed by atoms with van der Waals surface area (Å²) >= 11 is 1.59. The third-order valence-electron chi connectivity index (χ3n) is 2.84. The van der Waals surface area contributed by atoms with Crippen molar-refractivity contribution in [2.24, 2.45) is 0 Å². The molecule has 108 valence electrons. The quantitative estimate of drug-likeness (QED) is 0.759. The number of methoxy groups -OCH3 is 1. The van der Waals surface area contributed by atoms with E-state index in [-0.39, 0.29) is 0 Å². The summed E-state index contributed by atoms with van der Waals surface area (Å²) in [5.74, 6) is 1.53. The summed E-state index contributed by atoms with van der Waals surface area (Å²) < 4.78 is 11.2. The number of thiazole rings is 1. The zero-order valence-electron chi connectivity index (χ0n) is 11.9. The van der Waals surface area contributed by atoms with E-state index in [2.05, 4.69) is 23.3 Å². The fraction of sp³-hybridized carbons (Fsp3) is 0.400. The standard InChI is InChI=1S/C15H20N2O2S/c1-3-6-16-8-12-4-5-14(15(7-12)18-2)19-10-13-9-17-11-20-13/h4-5,7,9,11,16H,3,6,8,10H2,1-2H3. The van der Waals surface area contributed by atoms with Gasteiger partial charge < -0.3 is 14.8 Å². The molecule has 0 fully saturated rings. The van der Waals surface area contributed by atoms with E-state index in [0.717, 1.165) is 35.9 Å². The van der Waals surface area contributed by atoms with Crippen molar-refractivity contribution in [2.45, 2.75) is 26.5 Å². The largest absolute Gasteiger partial charge is 0.493 e. The molecule has 0 spiro atoms. The van der Waals surface area contributed by atoms with Crippen LogP contribution in [0.3, 0.4) is 0 Å². The molecule has 0 aliphatic carbocycles. The van der Waals surface area contributed by atoms with Gasteiger partial charge in [-0.3, -0.25) is 4.98 Å². The Bertz CT molecular complexity index is 515. The third kappa shape index (κ3) is 4.21. The van der Waals surface area contributed by atoms with Gasteiger partial charge in [-0.2, -0.15) is 0 Å². The number of aromatic nitrogens is 1. The van der Waals surface area contributed by atoms with Crippen molar-refractivity contribution in [3.8, 4) is 11.5 Å². The lowest BCUT2D eigenvalue weighted by Crippen LogP contribution is -2.13. The summed E-state index contributed by atoms with van der Waals surface area (Å²) in [5.41, 5.74) is 3.00. The Balaban J connectivity index is 1.98. The summed E-state index contributed by atoms with van der Waals surface area (Å²) in [6.45, 7) is 4.55. The van der Waals surface area contributed by atoms with Gasteiger partial charge in [0, 0.05) is 12.7 Å². The average molecular weight is 292 g/mol. The van der Waals surface area contributed by atoms with E-state index >= 15 is 0 Å². The van der Waals surface area contributed by atoms with Gasteiger partial charge in [0.25, 0.3) is 0 Å². The molecule has 0 saturated heterocycles. The summed E-state index contributed by atoms with van der Waals surface area (Å²) in [4.78, 5) is 5.13. The Morgan fingerprint density at radius 2 is 2.20 bits per heavy atom. The zero-order chi connectivity index (χ0) is 14.2. The predicted octanol–water partition coefficient (Wildman–Crippen LogP) is 3.23. The van der Waals surface area contributed by atoms with Gasteiger partial charge in [0.2, 0.25) is 0 Å². The Morgan fingerprint density at radius 1 is 1.30 bits per heavy atom. The van der Waals surface area contributed by atoms with Crippen LogP contribution in [0.1, 0.15) is 23.8 Å². The Morgan fingerprint density at radius 3 is 2.90 bits per heavy atom. The lowest BCUT2D eigenvalue weighted by Gasteiger charge is -2.12. The molecule has 0 amide bonds. The van der Waals surface area contributed by atoms with E-state index in [1.54, 1.807) is 24.0 Å². The van der Waals surface area contributed by atoms with Crippen molar-refractivity contribution in [2.75, 3.05) is 13.7 Å². The van der Waals surface area contributed by atoms with Crippen LogP contribution in [0.2, 0.25) is 0 Å². The molecular weight excluding hydrogens is 272 g/mol. The molecule has 5 heteroatoms. The Kier molecular flexibility index (Phi) is 5.83. The van der Waals surface area contributed by atoms with Crippen LogP contribution in [0.5, 0.6) is 11.5 Å². The highest BCUT2D eigenvalue weighted by Crippen LogP contribution is 2.29. The van der Waals surface area contributed by atoms with Crippen molar-refractivity contribution in [3.05, 3.63) is 40.3 Å². The van der Waals surface area contributed by atoms with Gasteiger partial charge >= 0.3 is 0 Å². The van der Waals surface area contributed by atoms with Gasteiger partial charge in [-0.25, -0.2) is 0 Å². The number of nitrogens with zero attached hydrogens (tertiary/aromatic N) is 1. The zero-order valence-corrected chi connectivity index (χ0v) is 12.7. The first-order valence-corrected chi connectivity index (χ1v) is 7.59. The fourth-order valence-electron chi connectivity index (χ4n) is 1.81. The molecule has 0 saturated carbocycles. The summed E-state index contributed by atoms with van der Waals surface area (Å²) in [5, 5.41) is 3.37. The molecule has 1 heterocycles. The Labute approximate surface area is 123 Å². The maximum Gasteiger partial charge on any atom is 0.161 e. The van der Waals surface area contributed by atoms with Crippen molar-refractivity contribution in [3.63, 3.8) is 0 Å². The molecule has 4 nitrogen and oxygen atoms in total. The van der Waals surface area contributed by atoms with Gasteiger partial charge in [-0.1, -0.05) is 13.0 Å². The minimum Gasteiger partial charge on any atom is -0.493 e. The molecule has 0 bridgehead atoms. The third-order valence-corrected chi connectivity index (χ3v) is 3.59. The normalized spacial score (nSPS) is 10.5. The first kappa shape index (κ1) is 14.8. The van der Waals surface area contributed by atoms with Crippen LogP contribution < -0.4 is 14.8 Å². The van der Waals surface area contributed by atoms with Crippen molar-refractivity contribution >= 4 is 11.3 Å². The maximum absolute atomic E-state index is 5.78. The summed E-state index contributed by atoms with van der Waals surface area (Å²) in [6.07, 6.45) is 2.95. The molecule has 20 heavy (non-hydrogen) atoms. The molecule has 0 aliphatic heterocycles. The number of benzene rings is 1. The summed E-state index contributed by atoms with van der Waals surface area (Å²) in [7, 11) is 1.66. The van der Waals surface area contributed by atoms with E-state index in [4.69, 9.17) is 9.47 Å². The maximum atomic E-state index is 5.78. The van der Waals surface area contributed by atoms with Crippen LogP contribution in [0.15, 0.2) is 29.9 Å². The molecule has 0 aliphatic rings. The molecule has 0 radical (unpaired) electrons. The Hall–Kier alpha value is -1.59. The molecule has 2 aromatic rings. The second kappa shape index (κ2) is 7.87. The van der Waals surface area contributed by atoms with Crippen LogP contribution in [0.25, 0.3) is 0 Å². The first-order chi connectivity index (χ1) is 9.83. The smallest absolute Gasteiger partial charge is 0.161 e. The number of nitrogens with one attached hydrogen (secondary N) is 1. The van der Waals surface area contributed by atoms with Crippen molar-refractivity contribution in [1.29, 1.82) is 0 Å². The lowest BCUT2D eigenvalue weighted by molar-refractivity contribution is 0.287.